The summed E-state index contributed by atoms with van der Waals surface area (Å²) < 4.78 is 26.8. The van der Waals surface area contributed by atoms with Crippen molar-refractivity contribution in [3.05, 3.63) is 29.3 Å². The number of likely N-dealkylation sites (N-methyl/N-ethyl adjacent to an activating group) is 1. The Hall–Kier alpha value is -1.93. The smallest absolute Gasteiger partial charge is 0.335 e. The summed E-state index contributed by atoms with van der Waals surface area (Å²) in [5.41, 5.74) is 0.268. The van der Waals surface area contributed by atoms with Crippen LogP contribution >= 0.6 is 0 Å². The molecule has 0 fully saturated rings. The molecule has 0 radical (unpaired) electrons. The molecule has 0 aromatic heterocycles. The lowest BCUT2D eigenvalue weighted by Gasteiger charge is -2.18. The van der Waals surface area contributed by atoms with E-state index in [-0.39, 0.29) is 10.5 Å². The highest BCUT2D eigenvalue weighted by molar-refractivity contribution is 7.89. The molecule has 1 aromatic rings. The average Bonchev–Trinajstić information content (AvgIpc) is 2.36. The molecule has 8 heteroatoms. The fourth-order valence-corrected chi connectivity index (χ4v) is 3.22. The number of sulfonamides is 1. The van der Waals surface area contributed by atoms with Crippen LogP contribution in [0.4, 0.5) is 0 Å². The van der Waals surface area contributed by atoms with Crippen LogP contribution in [0.1, 0.15) is 22.8 Å². The van der Waals surface area contributed by atoms with Crippen LogP contribution < -0.4 is 4.72 Å². The van der Waals surface area contributed by atoms with Crippen LogP contribution in [0.25, 0.3) is 0 Å². The fourth-order valence-electron chi connectivity index (χ4n) is 1.76. The lowest BCUT2D eigenvalue weighted by Crippen LogP contribution is -2.44. The molecule has 1 unspecified atom stereocenters. The SMILES string of the molecule is Cc1ccc(C(=O)O)cc1S(=O)(=O)NC(C)C(=O)N(C)C. The van der Waals surface area contributed by atoms with Gasteiger partial charge in [-0.1, -0.05) is 6.07 Å². The van der Waals surface area contributed by atoms with Crippen LogP contribution in [0.5, 0.6) is 0 Å². The number of amides is 1. The zero-order valence-corrected chi connectivity index (χ0v) is 13.1. The first-order valence-electron chi connectivity index (χ1n) is 6.13. The van der Waals surface area contributed by atoms with Gasteiger partial charge in [0, 0.05) is 14.1 Å². The largest absolute Gasteiger partial charge is 0.478 e. The van der Waals surface area contributed by atoms with E-state index in [9.17, 15) is 18.0 Å². The zero-order chi connectivity index (χ0) is 16.4. The van der Waals surface area contributed by atoms with Crippen molar-refractivity contribution in [1.29, 1.82) is 0 Å². The summed E-state index contributed by atoms with van der Waals surface area (Å²) in [7, 11) is -0.951. The lowest BCUT2D eigenvalue weighted by atomic mass is 10.1. The molecule has 1 atom stereocenters. The number of benzene rings is 1. The van der Waals surface area contributed by atoms with Gasteiger partial charge in [0.05, 0.1) is 16.5 Å². The molecule has 0 aliphatic heterocycles. The molecule has 0 aliphatic rings. The molecule has 0 saturated carbocycles. The molecule has 1 aromatic carbocycles. The molecule has 2 N–H and O–H groups in total. The van der Waals surface area contributed by atoms with E-state index in [1.54, 1.807) is 6.92 Å². The first-order chi connectivity index (χ1) is 9.56. The highest BCUT2D eigenvalue weighted by Gasteiger charge is 2.25. The summed E-state index contributed by atoms with van der Waals surface area (Å²) in [4.78, 5) is 23.8. The Kier molecular flexibility index (Phi) is 5.08. The Bertz CT molecular complexity index is 667. The second kappa shape index (κ2) is 6.23. The van der Waals surface area contributed by atoms with E-state index in [1.807, 2.05) is 0 Å². The van der Waals surface area contributed by atoms with Crippen LogP contribution in [-0.2, 0) is 14.8 Å². The summed E-state index contributed by atoms with van der Waals surface area (Å²) in [6.07, 6.45) is 0. The molecule has 1 rings (SSSR count). The van der Waals surface area contributed by atoms with E-state index in [2.05, 4.69) is 4.72 Å². The quantitative estimate of drug-likeness (QED) is 0.821. The van der Waals surface area contributed by atoms with Gasteiger partial charge in [0.2, 0.25) is 15.9 Å². The van der Waals surface area contributed by atoms with Gasteiger partial charge in [0.15, 0.2) is 0 Å². The molecule has 0 bridgehead atoms. The molecule has 0 heterocycles. The minimum Gasteiger partial charge on any atom is -0.478 e. The minimum atomic E-state index is -3.99. The maximum absolute atomic E-state index is 12.3. The molecule has 21 heavy (non-hydrogen) atoms. The first kappa shape index (κ1) is 17.1. The molecule has 1 amide bonds. The highest BCUT2D eigenvalue weighted by Crippen LogP contribution is 2.17. The average molecular weight is 314 g/mol. The van der Waals surface area contributed by atoms with Gasteiger partial charge in [-0.3, -0.25) is 4.79 Å². The third-order valence-electron chi connectivity index (χ3n) is 2.87. The Balaban J connectivity index is 3.17. The van der Waals surface area contributed by atoms with Crippen molar-refractivity contribution in [2.75, 3.05) is 14.1 Å². The fraction of sp³-hybridized carbons (Fsp3) is 0.385. The number of aryl methyl sites for hydroxylation is 1. The van der Waals surface area contributed by atoms with Crippen LogP contribution in [0.2, 0.25) is 0 Å². The normalized spacial score (nSPS) is 12.8. The summed E-state index contributed by atoms with van der Waals surface area (Å²) >= 11 is 0. The maximum Gasteiger partial charge on any atom is 0.335 e. The molecule has 0 spiro atoms. The van der Waals surface area contributed by atoms with Crippen LogP contribution in [-0.4, -0.2) is 50.4 Å². The van der Waals surface area contributed by atoms with Gasteiger partial charge >= 0.3 is 5.97 Å². The van der Waals surface area contributed by atoms with Crippen LogP contribution in [0.3, 0.4) is 0 Å². The van der Waals surface area contributed by atoms with Crippen molar-refractivity contribution in [2.45, 2.75) is 24.8 Å². The van der Waals surface area contributed by atoms with E-state index in [1.165, 1.54) is 38.1 Å². The Morgan fingerprint density at radius 3 is 2.33 bits per heavy atom. The highest BCUT2D eigenvalue weighted by atomic mass is 32.2. The van der Waals surface area contributed by atoms with Crippen LogP contribution in [0, 0.1) is 6.92 Å². The number of hydrogen-bond acceptors (Lipinski definition) is 4. The monoisotopic (exact) mass is 314 g/mol. The molecule has 7 nitrogen and oxygen atoms in total. The van der Waals surface area contributed by atoms with Gasteiger partial charge in [-0.15, -0.1) is 0 Å². The van der Waals surface area contributed by atoms with Crippen molar-refractivity contribution in [3.63, 3.8) is 0 Å². The lowest BCUT2D eigenvalue weighted by molar-refractivity contribution is -0.130. The number of carboxylic acid groups (broad SMARTS) is 1. The number of rotatable bonds is 5. The van der Waals surface area contributed by atoms with E-state index in [0.717, 1.165) is 6.07 Å². The molecule has 0 saturated heterocycles. The van der Waals surface area contributed by atoms with Crippen molar-refractivity contribution >= 4 is 21.9 Å². The van der Waals surface area contributed by atoms with Gasteiger partial charge in [0.25, 0.3) is 0 Å². The number of hydrogen-bond donors (Lipinski definition) is 2. The van der Waals surface area contributed by atoms with Gasteiger partial charge < -0.3 is 10.0 Å². The summed E-state index contributed by atoms with van der Waals surface area (Å²) in [5, 5.41) is 8.93. The number of carbonyl (C=O) groups excluding carboxylic acids is 1. The van der Waals surface area contributed by atoms with Gasteiger partial charge in [0.1, 0.15) is 0 Å². The number of nitrogens with one attached hydrogen (secondary N) is 1. The van der Waals surface area contributed by atoms with Gasteiger partial charge in [-0.2, -0.15) is 4.72 Å². The molecular weight excluding hydrogens is 296 g/mol. The third kappa shape index (κ3) is 4.02. The second-order valence-electron chi connectivity index (χ2n) is 4.86. The Morgan fingerprint density at radius 1 is 1.29 bits per heavy atom. The van der Waals surface area contributed by atoms with Crippen molar-refractivity contribution in [1.82, 2.24) is 9.62 Å². The summed E-state index contributed by atoms with van der Waals surface area (Å²) in [6, 6.07) is 2.87. The van der Waals surface area contributed by atoms with Crippen molar-refractivity contribution in [3.8, 4) is 0 Å². The number of carbonyl (C=O) groups is 2. The van der Waals surface area contributed by atoms with E-state index < -0.39 is 27.9 Å². The predicted octanol–water partition coefficient (Wildman–Crippen LogP) is 0.448. The summed E-state index contributed by atoms with van der Waals surface area (Å²) in [5.74, 6) is -1.62. The summed E-state index contributed by atoms with van der Waals surface area (Å²) in [6.45, 7) is 2.98. The maximum atomic E-state index is 12.3. The standard InChI is InChI=1S/C13H18N2O5S/c1-8-5-6-10(13(17)18)7-11(8)21(19,20)14-9(2)12(16)15(3)4/h5-7,9,14H,1-4H3,(H,17,18). The topological polar surface area (TPSA) is 104 Å². The number of nitrogens with zero attached hydrogens (tertiary/aromatic N) is 1. The second-order valence-corrected chi connectivity index (χ2v) is 6.54. The predicted molar refractivity (Wildman–Crippen MR) is 76.6 cm³/mol. The van der Waals surface area contributed by atoms with Gasteiger partial charge in [-0.25, -0.2) is 13.2 Å². The molecule has 116 valence electrons. The molecular formula is C13H18N2O5S. The number of aromatic carboxylic acids is 1. The van der Waals surface area contributed by atoms with Crippen molar-refractivity contribution < 1.29 is 23.1 Å². The van der Waals surface area contributed by atoms with E-state index in [4.69, 9.17) is 5.11 Å². The van der Waals surface area contributed by atoms with Crippen molar-refractivity contribution in [2.24, 2.45) is 0 Å². The van der Waals surface area contributed by atoms with Gasteiger partial charge in [-0.05, 0) is 31.5 Å². The zero-order valence-electron chi connectivity index (χ0n) is 12.2. The van der Waals surface area contributed by atoms with Crippen LogP contribution in [0.15, 0.2) is 23.1 Å². The van der Waals surface area contributed by atoms with E-state index in [0.29, 0.717) is 5.56 Å². The minimum absolute atomic E-state index is 0.132. The first-order valence-corrected chi connectivity index (χ1v) is 7.62. The number of carboxylic acids is 1. The Labute approximate surface area is 123 Å². The third-order valence-corrected chi connectivity index (χ3v) is 4.55. The Morgan fingerprint density at radius 2 is 1.86 bits per heavy atom. The van der Waals surface area contributed by atoms with E-state index >= 15 is 0 Å². The molecule has 0 aliphatic carbocycles.